The van der Waals surface area contributed by atoms with E-state index in [2.05, 4.69) is 10.1 Å². The molecular weight excluding hydrogens is 272 g/mol. The van der Waals surface area contributed by atoms with Crippen molar-refractivity contribution in [2.75, 3.05) is 6.54 Å². The Bertz CT molecular complexity index is 709. The second-order valence-corrected chi connectivity index (χ2v) is 4.92. The van der Waals surface area contributed by atoms with Gasteiger partial charge in [-0.3, -0.25) is 14.5 Å². The van der Waals surface area contributed by atoms with E-state index in [1.165, 1.54) is 0 Å². The highest BCUT2D eigenvalue weighted by molar-refractivity contribution is 5.94. The SMILES string of the molecule is Cn1nc(C(=O)O)c2c1CN(C(=O)c1ccncc1)CC2. The van der Waals surface area contributed by atoms with Gasteiger partial charge in [0, 0.05) is 37.1 Å². The molecule has 108 valence electrons. The molecule has 3 heterocycles. The van der Waals surface area contributed by atoms with Gasteiger partial charge in [0.1, 0.15) is 0 Å². The molecule has 3 rings (SSSR count). The fourth-order valence-electron chi connectivity index (χ4n) is 2.59. The molecule has 1 N–H and O–H groups in total. The van der Waals surface area contributed by atoms with Crippen molar-refractivity contribution >= 4 is 11.9 Å². The molecule has 2 aromatic rings. The van der Waals surface area contributed by atoms with Gasteiger partial charge in [-0.25, -0.2) is 4.79 Å². The normalized spacial score (nSPS) is 13.9. The Balaban J connectivity index is 1.88. The Kier molecular flexibility index (Phi) is 3.17. The number of hydrogen-bond acceptors (Lipinski definition) is 4. The number of nitrogens with zero attached hydrogens (tertiary/aromatic N) is 4. The third-order valence-corrected chi connectivity index (χ3v) is 3.66. The van der Waals surface area contributed by atoms with Crippen LogP contribution in [0.5, 0.6) is 0 Å². The number of carbonyl (C=O) groups is 2. The fraction of sp³-hybridized carbons (Fsp3) is 0.286. The number of carboxylic acids is 1. The van der Waals surface area contributed by atoms with Gasteiger partial charge in [-0.05, 0) is 18.6 Å². The van der Waals surface area contributed by atoms with Gasteiger partial charge in [0.2, 0.25) is 0 Å². The lowest BCUT2D eigenvalue weighted by Gasteiger charge is -2.27. The summed E-state index contributed by atoms with van der Waals surface area (Å²) in [4.78, 5) is 29.2. The van der Waals surface area contributed by atoms with Crippen molar-refractivity contribution in [1.82, 2.24) is 19.7 Å². The van der Waals surface area contributed by atoms with Crippen LogP contribution in [-0.2, 0) is 20.0 Å². The van der Waals surface area contributed by atoms with E-state index in [9.17, 15) is 9.59 Å². The van der Waals surface area contributed by atoms with Crippen molar-refractivity contribution in [3.63, 3.8) is 0 Å². The Morgan fingerprint density at radius 2 is 2.00 bits per heavy atom. The highest BCUT2D eigenvalue weighted by Gasteiger charge is 2.29. The molecule has 0 radical (unpaired) electrons. The lowest BCUT2D eigenvalue weighted by molar-refractivity contribution is 0.0688. The van der Waals surface area contributed by atoms with E-state index in [0.29, 0.717) is 25.1 Å². The molecule has 0 saturated heterocycles. The summed E-state index contributed by atoms with van der Waals surface area (Å²) in [7, 11) is 1.70. The molecule has 0 aromatic carbocycles. The number of hydrogen-bond donors (Lipinski definition) is 1. The fourth-order valence-corrected chi connectivity index (χ4v) is 2.59. The number of aryl methyl sites for hydroxylation is 1. The predicted octanol–water partition coefficient (Wildman–Crippen LogP) is 0.712. The van der Waals surface area contributed by atoms with Crippen molar-refractivity contribution < 1.29 is 14.7 Å². The zero-order valence-electron chi connectivity index (χ0n) is 11.5. The quantitative estimate of drug-likeness (QED) is 0.878. The van der Waals surface area contributed by atoms with E-state index >= 15 is 0 Å². The van der Waals surface area contributed by atoms with Crippen LogP contribution in [-0.4, -0.2) is 43.2 Å². The van der Waals surface area contributed by atoms with E-state index < -0.39 is 5.97 Å². The summed E-state index contributed by atoms with van der Waals surface area (Å²) >= 11 is 0. The van der Waals surface area contributed by atoms with Gasteiger partial charge >= 0.3 is 5.97 Å². The summed E-state index contributed by atoms with van der Waals surface area (Å²) in [6, 6.07) is 3.34. The number of fused-ring (bicyclic) bond motifs is 1. The second-order valence-electron chi connectivity index (χ2n) is 4.92. The standard InChI is InChI=1S/C14H14N4O3/c1-17-11-8-18(13(19)9-2-5-15-6-3-9)7-4-10(11)12(16-17)14(20)21/h2-3,5-6H,4,7-8H2,1H3,(H,20,21). The number of carboxylic acid groups (broad SMARTS) is 1. The summed E-state index contributed by atoms with van der Waals surface area (Å²) in [5.74, 6) is -1.11. The number of carbonyl (C=O) groups excluding carboxylic acids is 1. The number of pyridine rings is 1. The Morgan fingerprint density at radius 1 is 1.29 bits per heavy atom. The minimum atomic E-state index is -1.03. The summed E-state index contributed by atoms with van der Waals surface area (Å²) in [6.45, 7) is 0.855. The van der Waals surface area contributed by atoms with Crippen LogP contribution < -0.4 is 0 Å². The van der Waals surface area contributed by atoms with E-state index in [4.69, 9.17) is 5.11 Å². The third kappa shape index (κ3) is 2.26. The largest absolute Gasteiger partial charge is 0.476 e. The summed E-state index contributed by atoms with van der Waals surface area (Å²) < 4.78 is 1.55. The van der Waals surface area contributed by atoms with Crippen LogP contribution in [0.2, 0.25) is 0 Å². The van der Waals surface area contributed by atoms with Crippen molar-refractivity contribution in [3.05, 3.63) is 47.0 Å². The van der Waals surface area contributed by atoms with Crippen LogP contribution in [0.15, 0.2) is 24.5 Å². The van der Waals surface area contributed by atoms with Crippen LogP contribution in [0.1, 0.15) is 32.1 Å². The average Bonchev–Trinajstić information content (AvgIpc) is 2.84. The van der Waals surface area contributed by atoms with Gasteiger partial charge in [0.25, 0.3) is 5.91 Å². The first-order chi connectivity index (χ1) is 10.1. The van der Waals surface area contributed by atoms with Crippen LogP contribution in [0, 0.1) is 0 Å². The Labute approximate surface area is 120 Å². The average molecular weight is 286 g/mol. The van der Waals surface area contributed by atoms with E-state index in [-0.39, 0.29) is 11.6 Å². The lowest BCUT2D eigenvalue weighted by atomic mass is 10.0. The van der Waals surface area contributed by atoms with E-state index in [0.717, 1.165) is 11.3 Å². The van der Waals surface area contributed by atoms with Crippen LogP contribution in [0.3, 0.4) is 0 Å². The van der Waals surface area contributed by atoms with Gasteiger partial charge in [0.15, 0.2) is 5.69 Å². The first-order valence-corrected chi connectivity index (χ1v) is 6.55. The van der Waals surface area contributed by atoms with Gasteiger partial charge in [-0.15, -0.1) is 0 Å². The van der Waals surface area contributed by atoms with Crippen molar-refractivity contribution in [1.29, 1.82) is 0 Å². The van der Waals surface area contributed by atoms with Crippen molar-refractivity contribution in [3.8, 4) is 0 Å². The molecule has 7 nitrogen and oxygen atoms in total. The molecule has 0 atom stereocenters. The smallest absolute Gasteiger partial charge is 0.356 e. The maximum Gasteiger partial charge on any atom is 0.356 e. The minimum absolute atomic E-state index is 0.0823. The van der Waals surface area contributed by atoms with Crippen LogP contribution in [0.4, 0.5) is 0 Å². The van der Waals surface area contributed by atoms with Gasteiger partial charge in [-0.1, -0.05) is 0 Å². The molecule has 1 aliphatic rings. The van der Waals surface area contributed by atoms with Crippen molar-refractivity contribution in [2.45, 2.75) is 13.0 Å². The first kappa shape index (κ1) is 13.3. The summed E-state index contributed by atoms with van der Waals surface area (Å²) in [5, 5.41) is 13.2. The minimum Gasteiger partial charge on any atom is -0.476 e. The topological polar surface area (TPSA) is 88.3 Å². The number of aromatic carboxylic acids is 1. The van der Waals surface area contributed by atoms with Gasteiger partial charge in [0.05, 0.1) is 12.2 Å². The zero-order chi connectivity index (χ0) is 15.0. The monoisotopic (exact) mass is 286 g/mol. The molecule has 0 aliphatic carbocycles. The van der Waals surface area contributed by atoms with E-state index in [1.807, 2.05) is 0 Å². The Hall–Kier alpha value is -2.70. The number of amides is 1. The molecule has 0 spiro atoms. The predicted molar refractivity (Wildman–Crippen MR) is 72.8 cm³/mol. The second kappa shape index (κ2) is 5.01. The molecule has 0 unspecified atom stereocenters. The molecular formula is C14H14N4O3. The molecule has 1 aliphatic heterocycles. The molecule has 0 saturated carbocycles. The maximum absolute atomic E-state index is 12.4. The molecule has 21 heavy (non-hydrogen) atoms. The maximum atomic E-state index is 12.4. The van der Waals surface area contributed by atoms with Crippen molar-refractivity contribution in [2.24, 2.45) is 7.05 Å². The summed E-state index contributed by atoms with van der Waals surface area (Å²) in [6.07, 6.45) is 3.66. The van der Waals surface area contributed by atoms with Crippen LogP contribution >= 0.6 is 0 Å². The zero-order valence-corrected chi connectivity index (χ0v) is 11.5. The molecule has 0 fully saturated rings. The molecule has 7 heteroatoms. The molecule has 2 aromatic heterocycles. The van der Waals surface area contributed by atoms with Crippen LogP contribution in [0.25, 0.3) is 0 Å². The van der Waals surface area contributed by atoms with Gasteiger partial charge in [-0.2, -0.15) is 5.10 Å². The highest BCUT2D eigenvalue weighted by atomic mass is 16.4. The highest BCUT2D eigenvalue weighted by Crippen LogP contribution is 2.23. The third-order valence-electron chi connectivity index (χ3n) is 3.66. The number of rotatable bonds is 2. The summed E-state index contributed by atoms with van der Waals surface area (Å²) in [5.41, 5.74) is 2.17. The molecule has 1 amide bonds. The molecule has 0 bridgehead atoms. The Morgan fingerprint density at radius 3 is 2.67 bits per heavy atom. The number of aromatic nitrogens is 3. The van der Waals surface area contributed by atoms with Gasteiger partial charge < -0.3 is 10.0 Å². The first-order valence-electron chi connectivity index (χ1n) is 6.55. The van der Waals surface area contributed by atoms with E-state index in [1.54, 1.807) is 41.2 Å². The lowest BCUT2D eigenvalue weighted by Crippen LogP contribution is -2.36.